The highest BCUT2D eigenvalue weighted by molar-refractivity contribution is 5.87. The Morgan fingerprint density at radius 2 is 1.55 bits per heavy atom. The minimum Gasteiger partial charge on any atom is -0.490 e. The second-order valence-electron chi connectivity index (χ2n) is 7.11. The van der Waals surface area contributed by atoms with Gasteiger partial charge in [0.2, 0.25) is 5.76 Å². The Kier molecular flexibility index (Phi) is 10.6. The van der Waals surface area contributed by atoms with Crippen LogP contribution in [0.4, 0.5) is 0 Å². The fourth-order valence-electron chi connectivity index (χ4n) is 3.25. The molecule has 0 aromatic carbocycles. The first-order valence-electron chi connectivity index (χ1n) is 10.2. The molecule has 0 saturated heterocycles. The largest absolute Gasteiger partial charge is 0.490 e. The second-order valence-corrected chi connectivity index (χ2v) is 7.11. The molecule has 0 saturated carbocycles. The molecule has 12 heteroatoms. The zero-order chi connectivity index (χ0) is 25.3. The lowest BCUT2D eigenvalue weighted by atomic mass is 9.87. The molecule has 0 aliphatic carbocycles. The van der Waals surface area contributed by atoms with E-state index in [4.69, 9.17) is 33.2 Å². The van der Waals surface area contributed by atoms with Gasteiger partial charge in [0, 0.05) is 33.6 Å². The zero-order valence-corrected chi connectivity index (χ0v) is 19.7. The molecular weight excluding hydrogens is 444 g/mol. The lowest BCUT2D eigenvalue weighted by molar-refractivity contribution is -0.198. The van der Waals surface area contributed by atoms with Crippen LogP contribution in [-0.2, 0) is 57.1 Å². The van der Waals surface area contributed by atoms with Crippen molar-refractivity contribution in [3.05, 3.63) is 11.5 Å². The molecule has 12 nitrogen and oxygen atoms in total. The maximum Gasteiger partial charge on any atom is 0.377 e. The van der Waals surface area contributed by atoms with E-state index in [9.17, 15) is 24.0 Å². The first kappa shape index (κ1) is 27.7. The lowest BCUT2D eigenvalue weighted by Gasteiger charge is -2.41. The monoisotopic (exact) mass is 474 g/mol. The summed E-state index contributed by atoms with van der Waals surface area (Å²) in [6.07, 6.45) is -4.98. The van der Waals surface area contributed by atoms with E-state index in [-0.39, 0.29) is 12.4 Å². The van der Waals surface area contributed by atoms with E-state index in [1.807, 2.05) is 0 Å². The average molecular weight is 474 g/mol. The molecule has 1 heterocycles. The summed E-state index contributed by atoms with van der Waals surface area (Å²) in [5.74, 6) is -5.04. The normalized spacial score (nSPS) is 21.6. The molecule has 0 spiro atoms. The molecule has 5 atom stereocenters. The zero-order valence-electron chi connectivity index (χ0n) is 19.7. The Morgan fingerprint density at radius 1 is 0.939 bits per heavy atom. The van der Waals surface area contributed by atoms with Crippen molar-refractivity contribution in [3.8, 4) is 0 Å². The van der Waals surface area contributed by atoms with E-state index in [0.29, 0.717) is 0 Å². The molecule has 0 amide bonds. The van der Waals surface area contributed by atoms with Crippen LogP contribution in [0.1, 0.15) is 41.5 Å². The molecule has 186 valence electrons. The van der Waals surface area contributed by atoms with Gasteiger partial charge in [-0.1, -0.05) is 6.92 Å². The predicted molar refractivity (Wildman–Crippen MR) is 108 cm³/mol. The number of methoxy groups -OCH3 is 1. The Morgan fingerprint density at radius 3 is 2.00 bits per heavy atom. The molecule has 0 bridgehead atoms. The molecule has 1 aliphatic heterocycles. The highest BCUT2D eigenvalue weighted by Gasteiger charge is 2.50. The third-order valence-corrected chi connectivity index (χ3v) is 4.46. The summed E-state index contributed by atoms with van der Waals surface area (Å²) in [6.45, 7) is 7.45. The summed E-state index contributed by atoms with van der Waals surface area (Å²) in [4.78, 5) is 59.2. The Balaban J connectivity index is 3.58. The summed E-state index contributed by atoms with van der Waals surface area (Å²) in [6, 6.07) is 0. The average Bonchev–Trinajstić information content (AvgIpc) is 2.71. The fraction of sp³-hybridized carbons (Fsp3) is 0.667. The first-order chi connectivity index (χ1) is 15.4. The summed E-state index contributed by atoms with van der Waals surface area (Å²) >= 11 is 0. The molecule has 0 unspecified atom stereocenters. The number of hydrogen-bond donors (Lipinski definition) is 0. The number of carbonyl (C=O) groups excluding carboxylic acids is 5. The van der Waals surface area contributed by atoms with Gasteiger partial charge in [-0.3, -0.25) is 19.2 Å². The number of ether oxygens (including phenoxy) is 7. The van der Waals surface area contributed by atoms with Crippen LogP contribution < -0.4 is 0 Å². The van der Waals surface area contributed by atoms with Crippen molar-refractivity contribution in [3.63, 3.8) is 0 Å². The van der Waals surface area contributed by atoms with Gasteiger partial charge < -0.3 is 33.2 Å². The van der Waals surface area contributed by atoms with Crippen molar-refractivity contribution < 1.29 is 57.1 Å². The van der Waals surface area contributed by atoms with Crippen LogP contribution in [0.25, 0.3) is 0 Å². The highest BCUT2D eigenvalue weighted by atomic mass is 16.6. The second kappa shape index (κ2) is 12.7. The van der Waals surface area contributed by atoms with Crippen molar-refractivity contribution >= 4 is 29.8 Å². The summed E-state index contributed by atoms with van der Waals surface area (Å²) in [7, 11) is 1.11. The van der Waals surface area contributed by atoms with Crippen LogP contribution in [0.2, 0.25) is 0 Å². The van der Waals surface area contributed by atoms with Gasteiger partial charge in [-0.05, 0) is 6.92 Å². The lowest BCUT2D eigenvalue weighted by Crippen LogP contribution is -2.54. The van der Waals surface area contributed by atoms with Gasteiger partial charge in [-0.15, -0.1) is 0 Å². The van der Waals surface area contributed by atoms with Crippen molar-refractivity contribution in [2.45, 2.75) is 66.0 Å². The van der Waals surface area contributed by atoms with E-state index in [2.05, 4.69) is 0 Å². The molecule has 1 rings (SSSR count). The van der Waals surface area contributed by atoms with Crippen molar-refractivity contribution in [1.82, 2.24) is 0 Å². The molecule has 0 aromatic heterocycles. The number of carbonyl (C=O) groups is 5. The quantitative estimate of drug-likeness (QED) is 0.325. The van der Waals surface area contributed by atoms with Crippen LogP contribution >= 0.6 is 0 Å². The van der Waals surface area contributed by atoms with Crippen LogP contribution in [0.15, 0.2) is 11.5 Å². The number of esters is 5. The summed E-state index contributed by atoms with van der Waals surface area (Å²) in [5.41, 5.74) is 0. The Labute approximate surface area is 191 Å². The third kappa shape index (κ3) is 7.95. The molecule has 33 heavy (non-hydrogen) atoms. The molecule has 0 radical (unpaired) electrons. The SMILES string of the molecule is CCOC1=C(C(=O)OC)O[C@@H]([C@H](OC(C)=O)[C@@H](COC(C)=O)OC(C)=O)[C@H](C)[C@H]1OC(C)=O. The van der Waals surface area contributed by atoms with Gasteiger partial charge >= 0.3 is 29.8 Å². The Bertz CT molecular complexity index is 786. The fourth-order valence-corrected chi connectivity index (χ4v) is 3.25. The summed E-state index contributed by atoms with van der Waals surface area (Å²) < 4.78 is 37.1. The molecular formula is C21H30O12. The summed E-state index contributed by atoms with van der Waals surface area (Å²) in [5, 5.41) is 0. The van der Waals surface area contributed by atoms with Crippen LogP contribution in [-0.4, -0.2) is 74.6 Å². The van der Waals surface area contributed by atoms with Crippen LogP contribution in [0, 0.1) is 5.92 Å². The van der Waals surface area contributed by atoms with Gasteiger partial charge in [-0.25, -0.2) is 4.79 Å². The smallest absolute Gasteiger partial charge is 0.377 e. The minimum absolute atomic E-state index is 0.0751. The molecule has 1 aliphatic rings. The first-order valence-corrected chi connectivity index (χ1v) is 10.2. The van der Waals surface area contributed by atoms with Gasteiger partial charge in [0.1, 0.15) is 12.7 Å². The van der Waals surface area contributed by atoms with Crippen LogP contribution in [0.3, 0.4) is 0 Å². The van der Waals surface area contributed by atoms with Crippen molar-refractivity contribution in [1.29, 1.82) is 0 Å². The van der Waals surface area contributed by atoms with Gasteiger partial charge in [-0.2, -0.15) is 0 Å². The maximum atomic E-state index is 12.5. The topological polar surface area (TPSA) is 150 Å². The number of rotatable bonds is 10. The van der Waals surface area contributed by atoms with Crippen molar-refractivity contribution in [2.75, 3.05) is 20.3 Å². The maximum absolute atomic E-state index is 12.5. The van der Waals surface area contributed by atoms with E-state index >= 15 is 0 Å². The van der Waals surface area contributed by atoms with E-state index in [1.54, 1.807) is 13.8 Å². The Hall–Kier alpha value is -3.31. The third-order valence-electron chi connectivity index (χ3n) is 4.46. The minimum atomic E-state index is -1.36. The highest BCUT2D eigenvalue weighted by Crippen LogP contribution is 2.36. The number of hydrogen-bond acceptors (Lipinski definition) is 12. The van der Waals surface area contributed by atoms with Gasteiger partial charge in [0.05, 0.1) is 13.7 Å². The van der Waals surface area contributed by atoms with Crippen LogP contribution in [0.5, 0.6) is 0 Å². The molecule has 0 N–H and O–H groups in total. The van der Waals surface area contributed by atoms with E-state index in [1.165, 1.54) is 6.92 Å². The van der Waals surface area contributed by atoms with E-state index in [0.717, 1.165) is 27.9 Å². The van der Waals surface area contributed by atoms with Gasteiger partial charge in [0.25, 0.3) is 0 Å². The molecule has 0 aromatic rings. The predicted octanol–water partition coefficient (Wildman–Crippen LogP) is 0.801. The standard InChI is InChI=1S/C21H30O12/c1-8-28-19-17(31-13(5)24)10(2)16(33-20(19)21(26)27-7)18(32-14(6)25)15(30-12(4)23)9-29-11(3)22/h10,15-18H,8-9H2,1-7H3/t10-,15+,16+,17+,18+/m0/s1. The van der Waals surface area contributed by atoms with E-state index < -0.39 is 72.5 Å². The van der Waals surface area contributed by atoms with Gasteiger partial charge in [0.15, 0.2) is 24.1 Å². The van der Waals surface area contributed by atoms with Crippen molar-refractivity contribution in [2.24, 2.45) is 5.92 Å². The molecule has 0 fully saturated rings.